The van der Waals surface area contributed by atoms with Gasteiger partial charge in [0.2, 0.25) is 5.95 Å². The van der Waals surface area contributed by atoms with Crippen molar-refractivity contribution in [2.75, 3.05) is 10.6 Å². The van der Waals surface area contributed by atoms with Crippen LogP contribution in [0.4, 0.5) is 30.5 Å². The number of aromatic nitrogens is 3. The van der Waals surface area contributed by atoms with Gasteiger partial charge >= 0.3 is 6.18 Å². The van der Waals surface area contributed by atoms with E-state index >= 15 is 0 Å². The molecule has 0 unspecified atom stereocenters. The number of aryl methyl sites for hydroxylation is 1. The predicted octanol–water partition coefficient (Wildman–Crippen LogP) is 5.66. The van der Waals surface area contributed by atoms with E-state index in [1.165, 1.54) is 6.07 Å². The molecule has 4 N–H and O–H groups in total. The molecule has 0 radical (unpaired) electrons. The molecule has 10 heteroatoms. The second kappa shape index (κ2) is 9.27. The predicted molar refractivity (Wildman–Crippen MR) is 131 cm³/mol. The average Bonchev–Trinajstić information content (AvgIpc) is 2.87. The Morgan fingerprint density at radius 3 is 2.68 bits per heavy atom. The van der Waals surface area contributed by atoms with Crippen LogP contribution in [0.25, 0.3) is 11.3 Å². The Balaban J connectivity index is 1.60. The molecule has 3 aromatic rings. The monoisotopic (exact) mass is 486 g/mol. The van der Waals surface area contributed by atoms with Crippen molar-refractivity contribution in [1.82, 2.24) is 15.0 Å². The van der Waals surface area contributed by atoms with Crippen LogP contribution in [0.2, 0.25) is 0 Å². The number of halogens is 3. The molecule has 0 bridgehead atoms. The third-order valence-electron chi connectivity index (χ3n) is 5.43. The molecule has 0 saturated heterocycles. The van der Waals surface area contributed by atoms with Gasteiger partial charge in [-0.25, -0.2) is 9.97 Å². The van der Waals surface area contributed by atoms with Crippen molar-refractivity contribution in [2.45, 2.75) is 51.2 Å². The van der Waals surface area contributed by atoms with Gasteiger partial charge in [-0.2, -0.15) is 13.2 Å². The maximum Gasteiger partial charge on any atom is 0.416 e. The maximum atomic E-state index is 13.2. The van der Waals surface area contributed by atoms with Crippen molar-refractivity contribution >= 4 is 34.5 Å². The number of anilines is 3. The minimum absolute atomic E-state index is 0.215. The van der Waals surface area contributed by atoms with Gasteiger partial charge in [-0.3, -0.25) is 4.98 Å². The standard InChI is InChI=1S/C24H25F3N6S/c1-23(2,28)7-3-4-14-8-17(13-29-11-14)31-22-30-12-15-9-20(34)32-19-10-16(24(25,26)27)5-6-18(19)21(15)33-22/h5-6,8,10-13H,3-4,7,9,28H2,1-2H3,(H,32,34)(H,30,31,33). The van der Waals surface area contributed by atoms with E-state index in [0.29, 0.717) is 28.6 Å². The minimum Gasteiger partial charge on any atom is -0.349 e. The number of fused-ring (bicyclic) bond motifs is 3. The fraction of sp³-hybridized carbons (Fsp3) is 0.333. The van der Waals surface area contributed by atoms with Gasteiger partial charge in [0.1, 0.15) is 0 Å². The number of nitrogens with one attached hydrogen (secondary N) is 2. The highest BCUT2D eigenvalue weighted by molar-refractivity contribution is 7.80. The molecule has 0 atom stereocenters. The normalized spacial score (nSPS) is 13.5. The van der Waals surface area contributed by atoms with E-state index in [1.807, 2.05) is 26.1 Å². The molecule has 1 aliphatic rings. The van der Waals surface area contributed by atoms with Crippen LogP contribution in [0.15, 0.2) is 42.9 Å². The molecular formula is C24H25F3N6S. The highest BCUT2D eigenvalue weighted by Gasteiger charge is 2.32. The third-order valence-corrected chi connectivity index (χ3v) is 5.68. The summed E-state index contributed by atoms with van der Waals surface area (Å²) in [4.78, 5) is 13.7. The molecule has 3 heterocycles. The van der Waals surface area contributed by atoms with Crippen LogP contribution in [0.5, 0.6) is 0 Å². The van der Waals surface area contributed by atoms with Crippen LogP contribution in [0.1, 0.15) is 43.4 Å². The summed E-state index contributed by atoms with van der Waals surface area (Å²) in [5, 5.41) is 6.07. The Bertz CT molecular complexity index is 1220. The molecule has 0 amide bonds. The SMILES string of the molecule is CC(C)(N)CCCc1cncc(Nc2ncc3c(n2)-c2ccc(C(F)(F)F)cc2NC(=S)C3)c1. The van der Waals surface area contributed by atoms with Gasteiger partial charge in [-0.05, 0) is 56.9 Å². The van der Waals surface area contributed by atoms with Gasteiger partial charge in [0.05, 0.1) is 28.1 Å². The third kappa shape index (κ3) is 5.87. The summed E-state index contributed by atoms with van der Waals surface area (Å²) in [7, 11) is 0. The number of hydrogen-bond acceptors (Lipinski definition) is 6. The Labute approximate surface area is 201 Å². The Morgan fingerprint density at radius 2 is 1.94 bits per heavy atom. The second-order valence-corrected chi connectivity index (χ2v) is 9.59. The van der Waals surface area contributed by atoms with Gasteiger partial charge in [0.15, 0.2) is 0 Å². The Kier molecular flexibility index (Phi) is 6.55. The summed E-state index contributed by atoms with van der Waals surface area (Å²) >= 11 is 5.31. The zero-order chi connectivity index (χ0) is 24.5. The summed E-state index contributed by atoms with van der Waals surface area (Å²) in [6.07, 6.45) is 3.67. The summed E-state index contributed by atoms with van der Waals surface area (Å²) in [6, 6.07) is 5.49. The number of pyridine rings is 1. The molecule has 6 nitrogen and oxygen atoms in total. The van der Waals surface area contributed by atoms with Gasteiger partial charge in [-0.1, -0.05) is 18.3 Å². The summed E-state index contributed by atoms with van der Waals surface area (Å²) in [5.41, 5.74) is 8.94. The molecule has 1 aliphatic heterocycles. The minimum atomic E-state index is -4.45. The van der Waals surface area contributed by atoms with Crippen LogP contribution >= 0.6 is 12.2 Å². The number of nitrogens with zero attached hydrogens (tertiary/aromatic N) is 3. The zero-order valence-corrected chi connectivity index (χ0v) is 19.6. The lowest BCUT2D eigenvalue weighted by atomic mass is 9.97. The number of alkyl halides is 3. The topological polar surface area (TPSA) is 88.8 Å². The fourth-order valence-electron chi connectivity index (χ4n) is 3.80. The zero-order valence-electron chi connectivity index (χ0n) is 18.8. The molecule has 4 rings (SSSR count). The first kappa shape index (κ1) is 24.0. The van der Waals surface area contributed by atoms with E-state index in [4.69, 9.17) is 18.0 Å². The lowest BCUT2D eigenvalue weighted by Gasteiger charge is -2.17. The smallest absolute Gasteiger partial charge is 0.349 e. The van der Waals surface area contributed by atoms with Crippen molar-refractivity contribution in [1.29, 1.82) is 0 Å². The first-order valence-electron chi connectivity index (χ1n) is 10.9. The maximum absolute atomic E-state index is 13.2. The number of thiocarbonyl (C=S) groups is 1. The lowest BCUT2D eigenvalue weighted by Crippen LogP contribution is -2.31. The van der Waals surface area contributed by atoms with Crippen LogP contribution in [0, 0.1) is 0 Å². The van der Waals surface area contributed by atoms with Crippen molar-refractivity contribution in [3.63, 3.8) is 0 Å². The number of rotatable bonds is 6. The first-order valence-corrected chi connectivity index (χ1v) is 11.3. The van der Waals surface area contributed by atoms with Crippen LogP contribution < -0.4 is 16.4 Å². The van der Waals surface area contributed by atoms with Gasteiger partial charge in [-0.15, -0.1) is 0 Å². The molecule has 34 heavy (non-hydrogen) atoms. The fourth-order valence-corrected chi connectivity index (χ4v) is 4.06. The molecule has 1 aromatic carbocycles. The first-order chi connectivity index (χ1) is 16.0. The quantitative estimate of drug-likeness (QED) is 0.388. The average molecular weight is 487 g/mol. The van der Waals surface area contributed by atoms with E-state index in [2.05, 4.69) is 25.6 Å². The van der Waals surface area contributed by atoms with Crippen LogP contribution in [0.3, 0.4) is 0 Å². The number of benzene rings is 1. The molecule has 0 saturated carbocycles. The van der Waals surface area contributed by atoms with Crippen molar-refractivity contribution in [3.05, 3.63) is 59.5 Å². The van der Waals surface area contributed by atoms with Crippen molar-refractivity contribution in [3.8, 4) is 11.3 Å². The van der Waals surface area contributed by atoms with Crippen LogP contribution in [-0.2, 0) is 19.0 Å². The van der Waals surface area contributed by atoms with E-state index in [9.17, 15) is 13.2 Å². The molecule has 0 spiro atoms. The largest absolute Gasteiger partial charge is 0.416 e. The summed E-state index contributed by atoms with van der Waals surface area (Å²) in [6.45, 7) is 4.01. The van der Waals surface area contributed by atoms with Gasteiger partial charge in [0, 0.05) is 41.2 Å². The molecule has 2 aromatic heterocycles. The molecule has 0 fully saturated rings. The molecular weight excluding hydrogens is 461 g/mol. The van der Waals surface area contributed by atoms with E-state index < -0.39 is 11.7 Å². The number of nitrogens with two attached hydrogens (primary N) is 1. The molecule has 178 valence electrons. The summed E-state index contributed by atoms with van der Waals surface area (Å²) < 4.78 is 39.7. The second-order valence-electron chi connectivity index (χ2n) is 9.10. The Morgan fingerprint density at radius 1 is 1.15 bits per heavy atom. The molecule has 0 aliphatic carbocycles. The van der Waals surface area contributed by atoms with Crippen molar-refractivity contribution < 1.29 is 13.2 Å². The van der Waals surface area contributed by atoms with E-state index in [1.54, 1.807) is 12.4 Å². The number of hydrogen-bond donors (Lipinski definition) is 3. The highest BCUT2D eigenvalue weighted by Crippen LogP contribution is 2.38. The lowest BCUT2D eigenvalue weighted by molar-refractivity contribution is -0.137. The van der Waals surface area contributed by atoms with Gasteiger partial charge < -0.3 is 16.4 Å². The van der Waals surface area contributed by atoms with Gasteiger partial charge in [0.25, 0.3) is 0 Å². The summed E-state index contributed by atoms with van der Waals surface area (Å²) in [5.74, 6) is 0.319. The van der Waals surface area contributed by atoms with E-state index in [-0.39, 0.29) is 11.2 Å². The van der Waals surface area contributed by atoms with Crippen LogP contribution in [-0.4, -0.2) is 25.5 Å². The Hall–Kier alpha value is -3.11. The van der Waals surface area contributed by atoms with E-state index in [0.717, 1.165) is 48.2 Å². The highest BCUT2D eigenvalue weighted by atomic mass is 32.1. The van der Waals surface area contributed by atoms with Crippen molar-refractivity contribution in [2.24, 2.45) is 5.73 Å².